The number of halogens is 1. The third-order valence-electron chi connectivity index (χ3n) is 2.71. The van der Waals surface area contributed by atoms with Gasteiger partial charge < -0.3 is 20.7 Å². The van der Waals surface area contributed by atoms with Crippen LogP contribution >= 0.6 is 11.6 Å². The molecule has 0 aliphatic carbocycles. The van der Waals surface area contributed by atoms with Crippen molar-refractivity contribution in [3.63, 3.8) is 0 Å². The van der Waals surface area contributed by atoms with Crippen LogP contribution in [0.5, 0.6) is 0 Å². The Kier molecular flexibility index (Phi) is 3.89. The van der Waals surface area contributed by atoms with Gasteiger partial charge in [0.25, 0.3) is 0 Å². The van der Waals surface area contributed by atoms with Crippen LogP contribution in [-0.2, 0) is 4.74 Å². The quantitative estimate of drug-likeness (QED) is 0.808. The van der Waals surface area contributed by atoms with E-state index in [0.29, 0.717) is 24.6 Å². The number of hydrogen-bond donors (Lipinski definition) is 2. The van der Waals surface area contributed by atoms with Crippen LogP contribution in [0.25, 0.3) is 0 Å². The zero-order chi connectivity index (χ0) is 14.9. The Bertz CT molecular complexity index is 511. The number of nitrogens with zero attached hydrogens (tertiary/aromatic N) is 3. The summed E-state index contributed by atoms with van der Waals surface area (Å²) in [6.45, 7) is 6.59. The Morgan fingerprint density at radius 3 is 2.75 bits per heavy atom. The first-order chi connectivity index (χ1) is 9.26. The lowest BCUT2D eigenvalue weighted by Crippen LogP contribution is -2.58. The van der Waals surface area contributed by atoms with Crippen LogP contribution in [0.1, 0.15) is 20.8 Å². The van der Waals surface area contributed by atoms with Crippen molar-refractivity contribution in [3.05, 3.63) is 11.5 Å². The first kappa shape index (κ1) is 14.6. The lowest BCUT2D eigenvalue weighted by atomic mass is 10.1. The van der Waals surface area contributed by atoms with Crippen molar-refractivity contribution in [2.24, 2.45) is 0 Å². The minimum atomic E-state index is -0.486. The number of hydrogen-bond acceptors (Lipinski definition) is 6. The average molecular weight is 300 g/mol. The van der Waals surface area contributed by atoms with E-state index in [-0.39, 0.29) is 17.3 Å². The SMILES string of the molecule is CC(C)(C)OC(=O)N1CC(Nc2ncnc(Cl)c2N)C1. The van der Waals surface area contributed by atoms with E-state index in [1.165, 1.54) is 6.33 Å². The molecule has 2 rings (SSSR count). The number of likely N-dealkylation sites (tertiary alicyclic amines) is 1. The topological polar surface area (TPSA) is 93.4 Å². The van der Waals surface area contributed by atoms with Crippen LogP contribution < -0.4 is 11.1 Å². The molecule has 110 valence electrons. The fourth-order valence-electron chi connectivity index (χ4n) is 1.73. The lowest BCUT2D eigenvalue weighted by molar-refractivity contribution is 0.0105. The second-order valence-corrected chi connectivity index (χ2v) is 6.01. The summed E-state index contributed by atoms with van der Waals surface area (Å²) in [5, 5.41) is 3.34. The zero-order valence-electron chi connectivity index (χ0n) is 11.7. The predicted molar refractivity (Wildman–Crippen MR) is 76.7 cm³/mol. The number of rotatable bonds is 2. The highest BCUT2D eigenvalue weighted by Crippen LogP contribution is 2.24. The van der Waals surface area contributed by atoms with E-state index >= 15 is 0 Å². The molecule has 0 radical (unpaired) electrons. The van der Waals surface area contributed by atoms with E-state index in [9.17, 15) is 4.79 Å². The monoisotopic (exact) mass is 299 g/mol. The summed E-state index contributed by atoms with van der Waals surface area (Å²) in [5.41, 5.74) is 5.59. The number of aromatic nitrogens is 2. The predicted octanol–water partition coefficient (Wildman–Crippen LogP) is 1.74. The van der Waals surface area contributed by atoms with Crippen molar-refractivity contribution in [2.75, 3.05) is 24.1 Å². The fourth-order valence-corrected chi connectivity index (χ4v) is 1.86. The molecule has 1 saturated heterocycles. The summed E-state index contributed by atoms with van der Waals surface area (Å²) < 4.78 is 5.27. The van der Waals surface area contributed by atoms with E-state index < -0.39 is 5.60 Å². The van der Waals surface area contributed by atoms with Crippen LogP contribution in [-0.4, -0.2) is 45.7 Å². The second kappa shape index (κ2) is 5.32. The zero-order valence-corrected chi connectivity index (χ0v) is 12.4. The van der Waals surface area contributed by atoms with Gasteiger partial charge >= 0.3 is 6.09 Å². The number of amides is 1. The van der Waals surface area contributed by atoms with Gasteiger partial charge in [0.1, 0.15) is 17.6 Å². The number of anilines is 2. The second-order valence-electron chi connectivity index (χ2n) is 5.65. The number of carbonyl (C=O) groups is 1. The highest BCUT2D eigenvalue weighted by atomic mass is 35.5. The van der Waals surface area contributed by atoms with Crippen molar-refractivity contribution in [2.45, 2.75) is 32.4 Å². The summed E-state index contributed by atoms with van der Waals surface area (Å²) >= 11 is 5.81. The third-order valence-corrected chi connectivity index (χ3v) is 3.01. The number of ether oxygens (including phenoxy) is 1. The van der Waals surface area contributed by atoms with Gasteiger partial charge in [-0.1, -0.05) is 11.6 Å². The summed E-state index contributed by atoms with van der Waals surface area (Å²) in [4.78, 5) is 21.2. The van der Waals surface area contributed by atoms with Crippen LogP contribution in [0, 0.1) is 0 Å². The van der Waals surface area contributed by atoms with Gasteiger partial charge in [-0.2, -0.15) is 0 Å². The van der Waals surface area contributed by atoms with Gasteiger partial charge in [-0.15, -0.1) is 0 Å². The van der Waals surface area contributed by atoms with Crippen LogP contribution in [0.4, 0.5) is 16.3 Å². The van der Waals surface area contributed by atoms with Gasteiger partial charge in [-0.25, -0.2) is 14.8 Å². The minimum Gasteiger partial charge on any atom is -0.444 e. The first-order valence-corrected chi connectivity index (χ1v) is 6.64. The smallest absolute Gasteiger partial charge is 0.410 e. The molecule has 0 saturated carbocycles. The normalized spacial score (nSPS) is 15.7. The molecule has 1 aliphatic heterocycles. The van der Waals surface area contributed by atoms with Crippen molar-refractivity contribution < 1.29 is 9.53 Å². The van der Waals surface area contributed by atoms with E-state index in [2.05, 4.69) is 15.3 Å². The summed E-state index contributed by atoms with van der Waals surface area (Å²) in [6, 6.07) is 0.0794. The van der Waals surface area contributed by atoms with Gasteiger partial charge in [-0.3, -0.25) is 0 Å². The molecular formula is C12H18ClN5O2. The fraction of sp³-hybridized carbons (Fsp3) is 0.583. The summed E-state index contributed by atoms with van der Waals surface area (Å²) in [6.07, 6.45) is 1.02. The largest absolute Gasteiger partial charge is 0.444 e. The Hall–Kier alpha value is -1.76. The van der Waals surface area contributed by atoms with Crippen molar-refractivity contribution in [1.82, 2.24) is 14.9 Å². The first-order valence-electron chi connectivity index (χ1n) is 6.26. The highest BCUT2D eigenvalue weighted by Gasteiger charge is 2.34. The van der Waals surface area contributed by atoms with Gasteiger partial charge in [0, 0.05) is 13.1 Å². The standard InChI is InChI=1S/C12H18ClN5O2/c1-12(2,3)20-11(19)18-4-7(5-18)17-10-8(14)9(13)15-6-16-10/h6-7H,4-5,14H2,1-3H3,(H,15,16,17). The molecule has 1 aliphatic rings. The molecule has 1 aromatic heterocycles. The van der Waals surface area contributed by atoms with Crippen LogP contribution in [0.2, 0.25) is 5.15 Å². The van der Waals surface area contributed by atoms with E-state index in [4.69, 9.17) is 22.1 Å². The minimum absolute atomic E-state index is 0.0794. The number of carbonyl (C=O) groups excluding carboxylic acids is 1. The van der Waals surface area contributed by atoms with Gasteiger partial charge in [0.2, 0.25) is 0 Å². The van der Waals surface area contributed by atoms with E-state index in [1.54, 1.807) is 4.90 Å². The molecule has 20 heavy (non-hydrogen) atoms. The summed E-state index contributed by atoms with van der Waals surface area (Å²) in [5.74, 6) is 0.485. The van der Waals surface area contributed by atoms with Gasteiger partial charge in [-0.05, 0) is 20.8 Å². The number of nitrogens with two attached hydrogens (primary N) is 1. The maximum atomic E-state index is 11.8. The molecule has 1 aromatic rings. The van der Waals surface area contributed by atoms with Crippen molar-refractivity contribution in [3.8, 4) is 0 Å². The van der Waals surface area contributed by atoms with Crippen LogP contribution in [0.3, 0.4) is 0 Å². The Labute approximate surface area is 122 Å². The Balaban J connectivity index is 1.85. The number of nitrogens with one attached hydrogen (secondary N) is 1. The highest BCUT2D eigenvalue weighted by molar-refractivity contribution is 6.32. The maximum absolute atomic E-state index is 11.8. The Morgan fingerprint density at radius 2 is 2.15 bits per heavy atom. The third kappa shape index (κ3) is 3.41. The molecule has 0 atom stereocenters. The van der Waals surface area contributed by atoms with Gasteiger partial charge in [0.15, 0.2) is 11.0 Å². The van der Waals surface area contributed by atoms with Crippen molar-refractivity contribution >= 4 is 29.2 Å². The van der Waals surface area contributed by atoms with Crippen molar-refractivity contribution in [1.29, 1.82) is 0 Å². The molecule has 1 fully saturated rings. The molecule has 7 nitrogen and oxygen atoms in total. The Morgan fingerprint density at radius 1 is 1.50 bits per heavy atom. The molecule has 3 N–H and O–H groups in total. The molecular weight excluding hydrogens is 282 g/mol. The van der Waals surface area contributed by atoms with E-state index in [1.807, 2.05) is 20.8 Å². The number of nitrogen functional groups attached to an aromatic ring is 1. The molecule has 2 heterocycles. The average Bonchev–Trinajstić information content (AvgIpc) is 2.25. The molecule has 0 spiro atoms. The van der Waals surface area contributed by atoms with Gasteiger partial charge in [0.05, 0.1) is 6.04 Å². The molecule has 8 heteroatoms. The lowest BCUT2D eigenvalue weighted by Gasteiger charge is -2.40. The molecule has 1 amide bonds. The van der Waals surface area contributed by atoms with Crippen LogP contribution in [0.15, 0.2) is 6.33 Å². The molecule has 0 unspecified atom stereocenters. The summed E-state index contributed by atoms with van der Waals surface area (Å²) in [7, 11) is 0. The maximum Gasteiger partial charge on any atom is 0.410 e. The van der Waals surface area contributed by atoms with E-state index in [0.717, 1.165) is 0 Å². The molecule has 0 aromatic carbocycles. The molecule has 0 bridgehead atoms.